The van der Waals surface area contributed by atoms with Gasteiger partial charge in [0.15, 0.2) is 0 Å². The summed E-state index contributed by atoms with van der Waals surface area (Å²) in [7, 11) is 0. The Bertz CT molecular complexity index is 754. The van der Waals surface area contributed by atoms with Crippen LogP contribution < -0.4 is 5.32 Å². The van der Waals surface area contributed by atoms with Crippen LogP contribution in [0.4, 0.5) is 5.69 Å². The van der Waals surface area contributed by atoms with Crippen LogP contribution >= 0.6 is 11.3 Å². The largest absolute Gasteiger partial charge is 0.477 e. The van der Waals surface area contributed by atoms with Gasteiger partial charge in [-0.25, -0.2) is 4.79 Å². The third kappa shape index (κ3) is 3.48. The highest BCUT2D eigenvalue weighted by atomic mass is 32.1. The number of amides is 1. The number of aliphatic hydroxyl groups excluding tert-OH is 1. The zero-order chi connectivity index (χ0) is 17.1. The van der Waals surface area contributed by atoms with Gasteiger partial charge in [0.2, 0.25) is 5.91 Å². The number of nitrogens with one attached hydrogen (secondary N) is 1. The fraction of sp³-hybridized carbons (Fsp3) is 0.400. The van der Waals surface area contributed by atoms with Crippen LogP contribution in [0.2, 0.25) is 0 Å². The summed E-state index contributed by atoms with van der Waals surface area (Å²) in [5, 5.41) is 26.6. The number of carboxylic acid groups (broad SMARTS) is 1. The number of hydrogen-bond acceptors (Lipinski definition) is 6. The first-order chi connectivity index (χ1) is 11.6. The van der Waals surface area contributed by atoms with Gasteiger partial charge in [-0.1, -0.05) is 0 Å². The second-order valence-electron chi connectivity index (χ2n) is 5.54. The average Bonchev–Trinajstić information content (AvgIpc) is 3.22. The Morgan fingerprint density at radius 1 is 1.33 bits per heavy atom. The molecular formula is C15H18N4O4S. The zero-order valence-electron chi connectivity index (χ0n) is 12.9. The molecule has 1 aliphatic rings. The van der Waals surface area contributed by atoms with Crippen LogP contribution in [0.1, 0.15) is 27.3 Å². The molecule has 0 spiro atoms. The highest BCUT2D eigenvalue weighted by molar-refractivity contribution is 7.12. The van der Waals surface area contributed by atoms with E-state index in [1.165, 1.54) is 0 Å². The molecule has 0 saturated carbocycles. The molecular weight excluding hydrogens is 332 g/mol. The van der Waals surface area contributed by atoms with Crippen molar-refractivity contribution in [3.63, 3.8) is 0 Å². The van der Waals surface area contributed by atoms with Crippen molar-refractivity contribution in [3.8, 4) is 0 Å². The van der Waals surface area contributed by atoms with Crippen molar-refractivity contribution < 1.29 is 19.8 Å². The molecule has 8 nitrogen and oxygen atoms in total. The fourth-order valence-corrected chi connectivity index (χ4v) is 3.45. The standard InChI is InChI=1S/C15H18N4O4S/c20-5-4-19-12-9-18(8-10(12)7-16-19)3-1-13(21)17-11-2-6-24-14(11)15(22)23/h2,6-7,20H,1,3-5,8-9H2,(H,17,21)(H,22,23). The molecule has 9 heteroatoms. The highest BCUT2D eigenvalue weighted by Crippen LogP contribution is 2.24. The number of hydrogen-bond donors (Lipinski definition) is 3. The number of carbonyl (C=O) groups is 2. The smallest absolute Gasteiger partial charge is 0.348 e. The van der Waals surface area contributed by atoms with E-state index >= 15 is 0 Å². The Kier molecular flexibility index (Phi) is 4.93. The molecule has 3 heterocycles. The van der Waals surface area contributed by atoms with Crippen LogP contribution in [0.5, 0.6) is 0 Å². The summed E-state index contributed by atoms with van der Waals surface area (Å²) in [6.45, 7) is 2.52. The fourth-order valence-electron chi connectivity index (χ4n) is 2.76. The first-order valence-electron chi connectivity index (χ1n) is 7.56. The summed E-state index contributed by atoms with van der Waals surface area (Å²) in [6, 6.07) is 1.60. The van der Waals surface area contributed by atoms with Crippen LogP contribution in [-0.4, -0.2) is 49.9 Å². The number of aliphatic hydroxyl groups is 1. The van der Waals surface area contributed by atoms with Gasteiger partial charge in [0, 0.05) is 31.6 Å². The molecule has 0 unspecified atom stereocenters. The summed E-state index contributed by atoms with van der Waals surface area (Å²) in [4.78, 5) is 25.4. The number of fused-ring (bicyclic) bond motifs is 1. The lowest BCUT2D eigenvalue weighted by atomic mass is 10.3. The van der Waals surface area contributed by atoms with Crippen molar-refractivity contribution in [2.24, 2.45) is 0 Å². The van der Waals surface area contributed by atoms with Gasteiger partial charge in [-0.05, 0) is 11.4 Å². The van der Waals surface area contributed by atoms with Gasteiger partial charge in [-0.15, -0.1) is 11.3 Å². The van der Waals surface area contributed by atoms with Crippen LogP contribution in [0.3, 0.4) is 0 Å². The molecule has 0 aromatic carbocycles. The van der Waals surface area contributed by atoms with Gasteiger partial charge in [0.05, 0.1) is 30.7 Å². The Hall–Kier alpha value is -2.23. The van der Waals surface area contributed by atoms with E-state index in [9.17, 15) is 9.59 Å². The highest BCUT2D eigenvalue weighted by Gasteiger charge is 2.24. The minimum Gasteiger partial charge on any atom is -0.477 e. The first-order valence-corrected chi connectivity index (χ1v) is 8.44. The van der Waals surface area contributed by atoms with E-state index in [1.807, 2.05) is 0 Å². The number of anilines is 1. The Morgan fingerprint density at radius 3 is 2.92 bits per heavy atom. The number of rotatable bonds is 7. The lowest BCUT2D eigenvalue weighted by Crippen LogP contribution is -2.24. The predicted octanol–water partition coefficient (Wildman–Crippen LogP) is 0.979. The van der Waals surface area contributed by atoms with Gasteiger partial charge >= 0.3 is 5.97 Å². The Labute approximate surface area is 142 Å². The second-order valence-corrected chi connectivity index (χ2v) is 6.46. The molecule has 2 aromatic heterocycles. The van der Waals surface area contributed by atoms with E-state index in [0.717, 1.165) is 29.1 Å². The minimum atomic E-state index is -1.04. The monoisotopic (exact) mass is 350 g/mol. The van der Waals surface area contributed by atoms with E-state index in [1.54, 1.807) is 22.3 Å². The van der Waals surface area contributed by atoms with Crippen molar-refractivity contribution in [2.45, 2.75) is 26.1 Å². The van der Waals surface area contributed by atoms with Crippen LogP contribution in [0, 0.1) is 0 Å². The molecule has 128 valence electrons. The SMILES string of the molecule is O=C(CCN1Cc2cnn(CCO)c2C1)Nc1ccsc1C(=O)O. The topological polar surface area (TPSA) is 108 Å². The van der Waals surface area contributed by atoms with Crippen molar-refractivity contribution in [1.82, 2.24) is 14.7 Å². The third-order valence-corrected chi connectivity index (χ3v) is 4.81. The predicted molar refractivity (Wildman–Crippen MR) is 88.0 cm³/mol. The molecule has 3 N–H and O–H groups in total. The minimum absolute atomic E-state index is 0.0447. The molecule has 0 aliphatic carbocycles. The first kappa shape index (κ1) is 16.6. The maximum Gasteiger partial charge on any atom is 0.348 e. The molecule has 2 aromatic rings. The maximum atomic E-state index is 12.0. The third-order valence-electron chi connectivity index (χ3n) is 3.90. The van der Waals surface area contributed by atoms with E-state index < -0.39 is 5.97 Å². The zero-order valence-corrected chi connectivity index (χ0v) is 13.8. The summed E-state index contributed by atoms with van der Waals surface area (Å²) >= 11 is 1.09. The summed E-state index contributed by atoms with van der Waals surface area (Å²) in [5.41, 5.74) is 2.55. The van der Waals surface area contributed by atoms with E-state index in [4.69, 9.17) is 10.2 Å². The quantitative estimate of drug-likeness (QED) is 0.687. The summed E-state index contributed by atoms with van der Waals surface area (Å²) in [6.07, 6.45) is 2.09. The molecule has 0 fully saturated rings. The van der Waals surface area contributed by atoms with Gasteiger partial charge in [0.25, 0.3) is 0 Å². The lowest BCUT2D eigenvalue weighted by molar-refractivity contribution is -0.116. The van der Waals surface area contributed by atoms with Crippen molar-refractivity contribution in [3.05, 3.63) is 33.8 Å². The Morgan fingerprint density at radius 2 is 2.17 bits per heavy atom. The van der Waals surface area contributed by atoms with Gasteiger partial charge < -0.3 is 15.5 Å². The Balaban J connectivity index is 1.51. The number of carboxylic acids is 1. The molecule has 1 amide bonds. The molecule has 3 rings (SSSR count). The number of thiophene rings is 1. The lowest BCUT2D eigenvalue weighted by Gasteiger charge is -2.15. The van der Waals surface area contributed by atoms with Crippen molar-refractivity contribution in [2.75, 3.05) is 18.5 Å². The molecule has 0 bridgehead atoms. The molecule has 24 heavy (non-hydrogen) atoms. The van der Waals surface area contributed by atoms with Gasteiger partial charge in [-0.2, -0.15) is 5.10 Å². The van der Waals surface area contributed by atoms with Crippen LogP contribution in [-0.2, 0) is 24.4 Å². The van der Waals surface area contributed by atoms with Crippen molar-refractivity contribution in [1.29, 1.82) is 0 Å². The molecule has 0 radical (unpaired) electrons. The summed E-state index contributed by atoms with van der Waals surface area (Å²) < 4.78 is 1.79. The van der Waals surface area contributed by atoms with Gasteiger partial charge in [0.1, 0.15) is 4.88 Å². The normalized spacial score (nSPS) is 13.9. The number of carbonyl (C=O) groups excluding carboxylic acids is 1. The molecule has 0 saturated heterocycles. The summed E-state index contributed by atoms with van der Waals surface area (Å²) in [5.74, 6) is -1.24. The van der Waals surface area contributed by atoms with Crippen molar-refractivity contribution >= 4 is 28.9 Å². The van der Waals surface area contributed by atoms with Crippen LogP contribution in [0.15, 0.2) is 17.6 Å². The second kappa shape index (κ2) is 7.12. The molecule has 0 atom stereocenters. The average molecular weight is 350 g/mol. The number of aromatic nitrogens is 2. The van der Waals surface area contributed by atoms with E-state index in [2.05, 4.69) is 15.3 Å². The molecule has 1 aliphatic heterocycles. The van der Waals surface area contributed by atoms with E-state index in [-0.39, 0.29) is 23.8 Å². The number of aromatic carboxylic acids is 1. The maximum absolute atomic E-state index is 12.0. The number of nitrogens with zero attached hydrogens (tertiary/aromatic N) is 3. The van der Waals surface area contributed by atoms with Crippen LogP contribution in [0.25, 0.3) is 0 Å². The van der Waals surface area contributed by atoms with Gasteiger partial charge in [-0.3, -0.25) is 14.4 Å². The van der Waals surface area contributed by atoms with E-state index in [0.29, 0.717) is 25.3 Å².